The lowest BCUT2D eigenvalue weighted by atomic mass is 10.2. The third-order valence-electron chi connectivity index (χ3n) is 2.53. The molecule has 0 fully saturated rings. The van der Waals surface area contributed by atoms with Gasteiger partial charge in [-0.25, -0.2) is 13.6 Å². The summed E-state index contributed by atoms with van der Waals surface area (Å²) in [5.74, 6) is -3.34. The number of carbonyl (C=O) groups excluding carboxylic acids is 2. The summed E-state index contributed by atoms with van der Waals surface area (Å²) in [5, 5.41) is 4.43. The van der Waals surface area contributed by atoms with Crippen molar-refractivity contribution in [3.8, 4) is 0 Å². The first-order valence-corrected chi connectivity index (χ1v) is 6.85. The monoisotopic (exact) mass is 311 g/mol. The quantitative estimate of drug-likeness (QED) is 0.863. The number of carbonyl (C=O) groups is 2. The zero-order valence-corrected chi connectivity index (χ0v) is 11.6. The van der Waals surface area contributed by atoms with Crippen LogP contribution in [0.1, 0.15) is 15.2 Å². The molecule has 21 heavy (non-hydrogen) atoms. The maximum atomic E-state index is 13.3. The first-order chi connectivity index (χ1) is 10.1. The van der Waals surface area contributed by atoms with E-state index >= 15 is 0 Å². The van der Waals surface area contributed by atoms with E-state index in [4.69, 9.17) is 0 Å². The average molecular weight is 311 g/mol. The number of benzene rings is 1. The molecule has 2 rings (SSSR count). The van der Waals surface area contributed by atoms with Gasteiger partial charge in [-0.3, -0.25) is 4.79 Å². The van der Waals surface area contributed by atoms with Gasteiger partial charge in [0.15, 0.2) is 6.61 Å². The fraction of sp³-hybridized carbons (Fsp3) is 0.143. The Morgan fingerprint density at radius 2 is 2.05 bits per heavy atom. The maximum absolute atomic E-state index is 13.3. The fourth-order valence-electron chi connectivity index (χ4n) is 1.51. The van der Waals surface area contributed by atoms with E-state index < -0.39 is 35.7 Å². The number of amides is 1. The lowest BCUT2D eigenvalue weighted by Crippen LogP contribution is -2.28. The van der Waals surface area contributed by atoms with Crippen molar-refractivity contribution in [2.45, 2.75) is 6.54 Å². The number of rotatable bonds is 5. The van der Waals surface area contributed by atoms with Gasteiger partial charge in [-0.15, -0.1) is 11.3 Å². The molecule has 4 nitrogen and oxygen atoms in total. The topological polar surface area (TPSA) is 55.4 Å². The predicted molar refractivity (Wildman–Crippen MR) is 72.8 cm³/mol. The number of thiophene rings is 1. The van der Waals surface area contributed by atoms with Crippen molar-refractivity contribution in [3.05, 3.63) is 57.8 Å². The van der Waals surface area contributed by atoms with Crippen LogP contribution in [0.3, 0.4) is 0 Å². The molecule has 0 aliphatic rings. The third-order valence-corrected chi connectivity index (χ3v) is 3.40. The van der Waals surface area contributed by atoms with Crippen LogP contribution in [-0.4, -0.2) is 18.5 Å². The number of hydrogen-bond donors (Lipinski definition) is 1. The zero-order valence-electron chi connectivity index (χ0n) is 10.8. The minimum Gasteiger partial charge on any atom is -0.452 e. The van der Waals surface area contributed by atoms with E-state index in [9.17, 15) is 18.4 Å². The number of hydrogen-bond acceptors (Lipinski definition) is 4. The van der Waals surface area contributed by atoms with Crippen LogP contribution in [0, 0.1) is 11.6 Å². The predicted octanol–water partition coefficient (Wildman–Crippen LogP) is 2.50. The van der Waals surface area contributed by atoms with E-state index in [1.165, 1.54) is 11.3 Å². The van der Waals surface area contributed by atoms with Gasteiger partial charge in [0, 0.05) is 10.9 Å². The number of halogens is 2. The van der Waals surface area contributed by atoms with E-state index in [0.717, 1.165) is 17.0 Å². The van der Waals surface area contributed by atoms with Crippen LogP contribution in [0.5, 0.6) is 0 Å². The summed E-state index contributed by atoms with van der Waals surface area (Å²) >= 11 is 1.48. The Labute approximate surface area is 123 Å². The van der Waals surface area contributed by atoms with Crippen LogP contribution < -0.4 is 5.32 Å². The van der Waals surface area contributed by atoms with Gasteiger partial charge in [0.25, 0.3) is 5.91 Å². The zero-order chi connectivity index (χ0) is 15.2. The van der Waals surface area contributed by atoms with Gasteiger partial charge in [0.1, 0.15) is 11.6 Å². The molecule has 0 radical (unpaired) electrons. The van der Waals surface area contributed by atoms with Crippen LogP contribution in [0.25, 0.3) is 0 Å². The van der Waals surface area contributed by atoms with Crippen molar-refractivity contribution in [1.29, 1.82) is 0 Å². The molecule has 0 bridgehead atoms. The molecule has 0 spiro atoms. The van der Waals surface area contributed by atoms with E-state index in [2.05, 4.69) is 10.1 Å². The van der Waals surface area contributed by atoms with Crippen LogP contribution in [0.4, 0.5) is 8.78 Å². The summed E-state index contributed by atoms with van der Waals surface area (Å²) < 4.78 is 30.7. The molecule has 1 amide bonds. The minimum atomic E-state index is -1.03. The minimum absolute atomic E-state index is 0.332. The van der Waals surface area contributed by atoms with Gasteiger partial charge in [-0.1, -0.05) is 6.07 Å². The number of esters is 1. The van der Waals surface area contributed by atoms with Crippen molar-refractivity contribution < 1.29 is 23.1 Å². The van der Waals surface area contributed by atoms with Crippen molar-refractivity contribution in [2.75, 3.05) is 6.61 Å². The molecule has 1 N–H and O–H groups in total. The molecule has 0 saturated carbocycles. The first-order valence-electron chi connectivity index (χ1n) is 5.97. The Bertz CT molecular complexity index is 644. The number of nitrogens with one attached hydrogen (secondary N) is 1. The molecular formula is C14H11F2NO3S. The molecule has 110 valence electrons. The number of ether oxygens (including phenoxy) is 1. The Kier molecular flexibility index (Phi) is 4.99. The molecule has 1 aromatic heterocycles. The highest BCUT2D eigenvalue weighted by Crippen LogP contribution is 2.11. The summed E-state index contributed by atoms with van der Waals surface area (Å²) in [5.41, 5.74) is -0.414. The Balaban J connectivity index is 1.81. The van der Waals surface area contributed by atoms with E-state index in [0.29, 0.717) is 12.6 Å². The van der Waals surface area contributed by atoms with Gasteiger partial charge in [-0.05, 0) is 23.6 Å². The smallest absolute Gasteiger partial charge is 0.341 e. The molecule has 7 heteroatoms. The van der Waals surface area contributed by atoms with E-state index in [1.54, 1.807) is 0 Å². The average Bonchev–Trinajstić information content (AvgIpc) is 2.95. The molecule has 0 unspecified atom stereocenters. The van der Waals surface area contributed by atoms with Crippen molar-refractivity contribution in [3.63, 3.8) is 0 Å². The van der Waals surface area contributed by atoms with Crippen molar-refractivity contribution in [2.24, 2.45) is 0 Å². The van der Waals surface area contributed by atoms with Crippen molar-refractivity contribution >= 4 is 23.2 Å². The second-order valence-corrected chi connectivity index (χ2v) is 5.09. The normalized spacial score (nSPS) is 10.2. The molecule has 0 aliphatic heterocycles. The lowest BCUT2D eigenvalue weighted by molar-refractivity contribution is -0.124. The highest BCUT2D eigenvalue weighted by molar-refractivity contribution is 7.09. The molecule has 0 aliphatic carbocycles. The molecular weight excluding hydrogens is 300 g/mol. The van der Waals surface area contributed by atoms with Gasteiger partial charge in [-0.2, -0.15) is 0 Å². The van der Waals surface area contributed by atoms with Gasteiger partial charge in [0.05, 0.1) is 12.1 Å². The van der Waals surface area contributed by atoms with Gasteiger partial charge < -0.3 is 10.1 Å². The second kappa shape index (κ2) is 6.94. The van der Waals surface area contributed by atoms with E-state index in [-0.39, 0.29) is 0 Å². The summed E-state index contributed by atoms with van der Waals surface area (Å²) in [6.07, 6.45) is 0. The van der Waals surface area contributed by atoms with E-state index in [1.807, 2.05) is 17.5 Å². The molecule has 0 saturated heterocycles. The standard InChI is InChI=1S/C14H11F2NO3S/c15-9-3-4-11(12(16)6-9)14(19)20-8-13(18)17-7-10-2-1-5-21-10/h1-6H,7-8H2,(H,17,18). The SMILES string of the molecule is O=C(COC(=O)c1ccc(F)cc1F)NCc1cccs1. The molecule has 2 aromatic rings. The molecule has 1 aromatic carbocycles. The third kappa shape index (κ3) is 4.35. The van der Waals surface area contributed by atoms with Gasteiger partial charge in [0.2, 0.25) is 0 Å². The van der Waals surface area contributed by atoms with Crippen LogP contribution in [0.2, 0.25) is 0 Å². The van der Waals surface area contributed by atoms with Crippen LogP contribution >= 0.6 is 11.3 Å². The van der Waals surface area contributed by atoms with Crippen LogP contribution in [-0.2, 0) is 16.1 Å². The van der Waals surface area contributed by atoms with Crippen molar-refractivity contribution in [1.82, 2.24) is 5.32 Å². The molecule has 1 heterocycles. The maximum Gasteiger partial charge on any atom is 0.341 e. The van der Waals surface area contributed by atoms with Crippen LogP contribution in [0.15, 0.2) is 35.7 Å². The highest BCUT2D eigenvalue weighted by Gasteiger charge is 2.15. The summed E-state index contributed by atoms with van der Waals surface area (Å²) in [6, 6.07) is 6.19. The Hall–Kier alpha value is -2.28. The highest BCUT2D eigenvalue weighted by atomic mass is 32.1. The molecule has 0 atom stereocenters. The Morgan fingerprint density at radius 3 is 2.71 bits per heavy atom. The summed E-state index contributed by atoms with van der Waals surface area (Å²) in [7, 11) is 0. The fourth-order valence-corrected chi connectivity index (χ4v) is 2.16. The largest absolute Gasteiger partial charge is 0.452 e. The first kappa shape index (κ1) is 15.1. The second-order valence-electron chi connectivity index (χ2n) is 4.06. The Morgan fingerprint density at radius 1 is 1.24 bits per heavy atom. The summed E-state index contributed by atoms with van der Waals surface area (Å²) in [4.78, 5) is 24.0. The van der Waals surface area contributed by atoms with Gasteiger partial charge >= 0.3 is 5.97 Å². The lowest BCUT2D eigenvalue weighted by Gasteiger charge is -2.06. The summed E-state index contributed by atoms with van der Waals surface area (Å²) in [6.45, 7) is -0.194.